The van der Waals surface area contributed by atoms with Crippen molar-refractivity contribution < 1.29 is 53.7 Å². The van der Waals surface area contributed by atoms with Gasteiger partial charge in [0.25, 0.3) is 5.91 Å². The van der Waals surface area contributed by atoms with Crippen molar-refractivity contribution in [2.45, 2.75) is 81.0 Å². The number of nitrogens with zero attached hydrogens (tertiary/aromatic N) is 2. The average molecular weight is 879 g/mol. The standard InChI is InChI=1S/C51H47N3O11/c1-52-20-26-11-15-37-33(18-26)35(21-53-37)39-16-14-32-40(61-2)19-34-30-13-12-28-7-3-9-29(28)42(30)44-38(56)23-54-22-36-27(6-4-10-31(36)49(54)59)8-5-17-62-48-45(57)41(24-63-39)64-50(51(48,60)25-55)65-47(32)43(34)46(44)58/h4,6,10-16,18-19,21,28-29,39,41,45,48,50,52,55,57,60H,3,7-9,20,22-25H2,1-2H3/p+1/b16-14-/t28-,29-,39-,41-,45-,48+,50-,51-/m1/s1. The number of carbonyl (C=O) groups is 2. The highest BCUT2D eigenvalue weighted by Crippen LogP contribution is 2.55. The van der Waals surface area contributed by atoms with Crippen molar-refractivity contribution in [1.29, 1.82) is 0 Å². The van der Waals surface area contributed by atoms with Crippen LogP contribution < -0.4 is 14.8 Å². The second kappa shape index (κ2) is 16.1. The number of phenolic OH excluding ortho intramolecular Hbond substituents is 1. The third-order valence-electron chi connectivity index (χ3n) is 14.2. The summed E-state index contributed by atoms with van der Waals surface area (Å²) in [5.41, 5.74) is 3.84. The van der Waals surface area contributed by atoms with Crippen molar-refractivity contribution in [2.75, 3.05) is 33.9 Å². The molecule has 4 aromatic rings. The quantitative estimate of drug-likeness (QED) is 0.136. The molecular formula is C51H48N3O11+. The van der Waals surface area contributed by atoms with E-state index in [2.05, 4.69) is 28.4 Å². The first-order chi connectivity index (χ1) is 31.6. The number of ether oxygens (including phenoxy) is 5. The Hall–Kier alpha value is -6.18. The van der Waals surface area contributed by atoms with Crippen molar-refractivity contribution >= 4 is 46.5 Å². The van der Waals surface area contributed by atoms with Crippen LogP contribution in [0.4, 0.5) is 5.69 Å². The number of hydrogen-bond donors (Lipinski definition) is 5. The first-order valence-electron chi connectivity index (χ1n) is 22.1. The van der Waals surface area contributed by atoms with Crippen LogP contribution in [0.2, 0.25) is 0 Å². The molecule has 8 atom stereocenters. The summed E-state index contributed by atoms with van der Waals surface area (Å²) in [5.74, 6) is 2.91. The topological polar surface area (TPSA) is 189 Å². The molecule has 4 aromatic carbocycles. The molecular weight excluding hydrogens is 831 g/mol. The number of carbonyl (C=O) groups excluding carboxylic acids is 2. The molecule has 7 aliphatic rings. The summed E-state index contributed by atoms with van der Waals surface area (Å²) in [6, 6.07) is 13.1. The minimum Gasteiger partial charge on any atom is -0.506 e. The molecule has 2 aliphatic carbocycles. The lowest BCUT2D eigenvalue weighted by molar-refractivity contribution is -0.328. The summed E-state index contributed by atoms with van der Waals surface area (Å²) in [7, 11) is 3.38. The predicted molar refractivity (Wildman–Crippen MR) is 239 cm³/mol. The van der Waals surface area contributed by atoms with Gasteiger partial charge in [-0.1, -0.05) is 36.6 Å². The van der Waals surface area contributed by atoms with Gasteiger partial charge >= 0.3 is 0 Å². The van der Waals surface area contributed by atoms with E-state index in [0.717, 1.165) is 53.1 Å². The van der Waals surface area contributed by atoms with E-state index in [4.69, 9.17) is 23.7 Å². The minimum atomic E-state index is -2.46. The van der Waals surface area contributed by atoms with Gasteiger partial charge in [0.15, 0.2) is 28.7 Å². The smallest absolute Gasteiger partial charge is 0.254 e. The second-order valence-electron chi connectivity index (χ2n) is 17.8. The van der Waals surface area contributed by atoms with Gasteiger partial charge in [-0.3, -0.25) is 9.59 Å². The van der Waals surface area contributed by atoms with Gasteiger partial charge in [0.05, 0.1) is 49.4 Å². The van der Waals surface area contributed by atoms with Gasteiger partial charge in [0, 0.05) is 42.1 Å². The maximum absolute atomic E-state index is 15.1. The molecule has 5 aliphatic heterocycles. The molecule has 1 saturated heterocycles. The predicted octanol–water partition coefficient (Wildman–Crippen LogP) is 4.86. The number of aromatic hydroxyl groups is 1. The Morgan fingerprint density at radius 3 is 2.78 bits per heavy atom. The van der Waals surface area contributed by atoms with Crippen LogP contribution in [0.3, 0.4) is 0 Å². The largest absolute Gasteiger partial charge is 0.506 e. The number of amides is 1. The Morgan fingerprint density at radius 1 is 1.09 bits per heavy atom. The summed E-state index contributed by atoms with van der Waals surface area (Å²) < 4.78 is 32.1. The number of allylic oxidation sites excluding steroid dienone is 1. The number of rotatable bonds is 5. The molecule has 0 aromatic heterocycles. The molecule has 0 radical (unpaired) electrons. The summed E-state index contributed by atoms with van der Waals surface area (Å²) in [4.78, 5) is 35.3. The van der Waals surface area contributed by atoms with Crippen LogP contribution in [0.5, 0.6) is 17.2 Å². The Labute approximate surface area is 375 Å². The van der Waals surface area contributed by atoms with Crippen LogP contribution in [0, 0.1) is 23.9 Å². The molecule has 14 nitrogen and oxygen atoms in total. The molecule has 8 bridgehead atoms. The van der Waals surface area contributed by atoms with Crippen LogP contribution in [0.1, 0.15) is 84.8 Å². The molecule has 0 spiro atoms. The van der Waals surface area contributed by atoms with Gasteiger partial charge in [-0.15, -0.1) is 0 Å². The number of Topliss-reactive ketones (excluding diaryl/α,β-unsaturated/α-hetero) is 1. The van der Waals surface area contributed by atoms with Gasteiger partial charge in [-0.05, 0) is 84.3 Å². The number of fused-ring (bicyclic) bond motifs is 10. The summed E-state index contributed by atoms with van der Waals surface area (Å²) in [6.07, 6.45) is 7.78. The van der Waals surface area contributed by atoms with E-state index in [9.17, 15) is 25.2 Å². The third-order valence-corrected chi connectivity index (χ3v) is 14.2. The highest BCUT2D eigenvalue weighted by molar-refractivity contribution is 6.14. The van der Waals surface area contributed by atoms with E-state index >= 15 is 4.79 Å². The van der Waals surface area contributed by atoms with Gasteiger partial charge in [-0.25, -0.2) is 0 Å². The van der Waals surface area contributed by atoms with Crippen LogP contribution in [0.15, 0.2) is 59.6 Å². The lowest BCUT2D eigenvalue weighted by Crippen LogP contribution is -2.70. The van der Waals surface area contributed by atoms with E-state index in [-0.39, 0.29) is 66.3 Å². The molecule has 1 amide bonds. The molecule has 0 unspecified atom stereocenters. The fraction of sp³-hybridized carbons (Fsp3) is 0.373. The first kappa shape index (κ1) is 41.5. The van der Waals surface area contributed by atoms with Crippen molar-refractivity contribution in [3.63, 3.8) is 0 Å². The number of aliphatic hydroxyl groups excluding tert-OH is 2. The zero-order valence-electron chi connectivity index (χ0n) is 35.9. The fourth-order valence-corrected chi connectivity index (χ4v) is 11.0. The lowest BCUT2D eigenvalue weighted by Gasteiger charge is -2.47. The third kappa shape index (κ3) is 6.55. The summed E-state index contributed by atoms with van der Waals surface area (Å²) in [5, 5.41) is 52.4. The first-order valence-corrected chi connectivity index (χ1v) is 22.1. The molecule has 14 heteroatoms. The number of aliphatic hydroxyl groups is 3. The number of ketones is 1. The van der Waals surface area contributed by atoms with Crippen molar-refractivity contribution in [2.24, 2.45) is 10.9 Å². The zero-order valence-corrected chi connectivity index (χ0v) is 35.9. The number of benzene rings is 4. The van der Waals surface area contributed by atoms with Crippen LogP contribution in [-0.4, -0.2) is 113 Å². The number of phenols is 1. The summed E-state index contributed by atoms with van der Waals surface area (Å²) in [6.45, 7) is -0.783. The van der Waals surface area contributed by atoms with E-state index in [1.165, 1.54) is 12.0 Å². The molecule has 11 rings (SSSR count). The lowest BCUT2D eigenvalue weighted by atomic mass is 9.75. The Bertz CT molecular complexity index is 2820. The molecule has 5 heterocycles. The van der Waals surface area contributed by atoms with E-state index < -0.39 is 48.7 Å². The van der Waals surface area contributed by atoms with Crippen molar-refractivity contribution in [3.05, 3.63) is 111 Å². The number of methoxy groups -OCH3 is 1. The summed E-state index contributed by atoms with van der Waals surface area (Å²) >= 11 is 0. The number of aliphatic imine (C=N–C) groups is 1. The molecule has 332 valence electrons. The average Bonchev–Trinajstić information content (AvgIpc) is 4.04. The second-order valence-corrected chi connectivity index (χ2v) is 17.8. The van der Waals surface area contributed by atoms with E-state index in [0.29, 0.717) is 39.9 Å². The molecule has 5 N–H and O–H groups in total. The molecule has 65 heavy (non-hydrogen) atoms. The van der Waals surface area contributed by atoms with Gasteiger partial charge in [0.2, 0.25) is 6.29 Å². The van der Waals surface area contributed by atoms with Gasteiger partial charge in [-0.2, -0.15) is 4.99 Å². The van der Waals surface area contributed by atoms with Crippen molar-refractivity contribution in [1.82, 2.24) is 10.2 Å². The normalized spacial score (nSPS) is 28.8. The SMILES string of the molecule is CNCc1ccc2c(c1)[C+]([C@H]1/C=C\c3c(OC)cc4c5c(c6c(O)c4c3O[C@H]3O[C@H](CO1)[C@@H](O)[C@H](OC#CCc1cccc4c1CN(CC6=O)C4=O)[C@]3(O)CO)[C@@H]1CCC[C@@H]1C=C5)C=N2. The van der Waals surface area contributed by atoms with Crippen molar-refractivity contribution in [3.8, 4) is 29.3 Å². The minimum absolute atomic E-state index is 0.0402. The van der Waals surface area contributed by atoms with Crippen LogP contribution >= 0.6 is 0 Å². The number of hydrogen-bond acceptors (Lipinski definition) is 13. The Morgan fingerprint density at radius 2 is 1.95 bits per heavy atom. The zero-order chi connectivity index (χ0) is 44.7. The highest BCUT2D eigenvalue weighted by Gasteiger charge is 2.59. The van der Waals surface area contributed by atoms with Crippen LogP contribution in [-0.2, 0) is 33.7 Å². The van der Waals surface area contributed by atoms with Gasteiger partial charge in [0.1, 0.15) is 53.8 Å². The van der Waals surface area contributed by atoms with E-state index in [1.54, 1.807) is 36.6 Å². The van der Waals surface area contributed by atoms with E-state index in [1.807, 2.05) is 37.4 Å². The molecule has 2 fully saturated rings. The number of nitrogens with one attached hydrogen (secondary N) is 1. The monoisotopic (exact) mass is 878 g/mol. The fourth-order valence-electron chi connectivity index (χ4n) is 11.0. The maximum Gasteiger partial charge on any atom is 0.254 e. The van der Waals surface area contributed by atoms with Gasteiger partial charge < -0.3 is 54.3 Å². The Kier molecular flexibility index (Phi) is 10.3. The highest BCUT2D eigenvalue weighted by atomic mass is 16.7. The maximum atomic E-state index is 15.1. The van der Waals surface area contributed by atoms with Crippen LogP contribution in [0.25, 0.3) is 22.9 Å². The molecule has 1 saturated carbocycles. The Balaban J connectivity index is 1.17.